The zero-order chi connectivity index (χ0) is 13.1. The SMILES string of the molecule is CCc1c(C)nn(CCCC(C)(C)C#N)c1C. The molecule has 0 aromatic carbocycles. The third kappa shape index (κ3) is 3.33. The predicted molar refractivity (Wildman–Crippen MR) is 69.7 cm³/mol. The van der Waals surface area contributed by atoms with E-state index in [4.69, 9.17) is 5.26 Å². The summed E-state index contributed by atoms with van der Waals surface area (Å²) in [6.45, 7) is 11.3. The van der Waals surface area contributed by atoms with Gasteiger partial charge in [0.15, 0.2) is 0 Å². The Kier molecular flexibility index (Phi) is 4.34. The molecule has 0 radical (unpaired) electrons. The predicted octanol–water partition coefficient (Wildman–Crippen LogP) is 3.39. The summed E-state index contributed by atoms with van der Waals surface area (Å²) in [5.41, 5.74) is 3.57. The highest BCUT2D eigenvalue weighted by Crippen LogP contribution is 2.22. The maximum absolute atomic E-state index is 8.96. The van der Waals surface area contributed by atoms with Gasteiger partial charge in [-0.2, -0.15) is 10.4 Å². The van der Waals surface area contributed by atoms with Crippen LogP contribution in [-0.4, -0.2) is 9.78 Å². The zero-order valence-corrected chi connectivity index (χ0v) is 11.7. The molecule has 0 saturated carbocycles. The smallest absolute Gasteiger partial charge is 0.0683 e. The third-order valence-corrected chi connectivity index (χ3v) is 3.36. The Bertz CT molecular complexity index is 421. The summed E-state index contributed by atoms with van der Waals surface area (Å²) >= 11 is 0. The van der Waals surface area contributed by atoms with Gasteiger partial charge in [0.05, 0.1) is 17.2 Å². The third-order valence-electron chi connectivity index (χ3n) is 3.36. The number of hydrogen-bond acceptors (Lipinski definition) is 2. The molecule has 0 fully saturated rings. The van der Waals surface area contributed by atoms with Gasteiger partial charge in [-0.1, -0.05) is 6.92 Å². The Morgan fingerprint density at radius 3 is 2.47 bits per heavy atom. The van der Waals surface area contributed by atoms with Crippen LogP contribution in [0.1, 0.15) is 50.6 Å². The van der Waals surface area contributed by atoms with E-state index in [0.717, 1.165) is 31.5 Å². The molecule has 1 aromatic rings. The first-order valence-corrected chi connectivity index (χ1v) is 6.35. The average molecular weight is 233 g/mol. The second-order valence-electron chi connectivity index (χ2n) is 5.33. The van der Waals surface area contributed by atoms with Gasteiger partial charge in [-0.05, 0) is 52.5 Å². The van der Waals surface area contributed by atoms with Crippen LogP contribution in [0.25, 0.3) is 0 Å². The molecule has 17 heavy (non-hydrogen) atoms. The zero-order valence-electron chi connectivity index (χ0n) is 11.7. The van der Waals surface area contributed by atoms with Crippen LogP contribution in [-0.2, 0) is 13.0 Å². The van der Waals surface area contributed by atoms with Crippen LogP contribution in [0.4, 0.5) is 0 Å². The molecule has 1 heterocycles. The monoisotopic (exact) mass is 233 g/mol. The van der Waals surface area contributed by atoms with Gasteiger partial charge >= 0.3 is 0 Å². The summed E-state index contributed by atoms with van der Waals surface area (Å²) in [6, 6.07) is 2.34. The highest BCUT2D eigenvalue weighted by atomic mass is 15.3. The Hall–Kier alpha value is -1.30. The Morgan fingerprint density at radius 2 is 2.00 bits per heavy atom. The lowest BCUT2D eigenvalue weighted by Gasteiger charge is -2.14. The quantitative estimate of drug-likeness (QED) is 0.782. The standard InChI is InChI=1S/C14H23N3/c1-6-13-11(2)16-17(12(13)3)9-7-8-14(4,5)10-15/h6-9H2,1-5H3. The Morgan fingerprint density at radius 1 is 1.35 bits per heavy atom. The normalized spacial score (nSPS) is 11.5. The van der Waals surface area contributed by atoms with Gasteiger partial charge in [0.25, 0.3) is 0 Å². The van der Waals surface area contributed by atoms with E-state index in [9.17, 15) is 0 Å². The molecule has 0 amide bonds. The van der Waals surface area contributed by atoms with E-state index in [1.165, 1.54) is 11.3 Å². The molecule has 0 aliphatic carbocycles. The summed E-state index contributed by atoms with van der Waals surface area (Å²) in [5, 5.41) is 13.5. The molecule has 0 atom stereocenters. The second-order valence-corrected chi connectivity index (χ2v) is 5.33. The topological polar surface area (TPSA) is 41.6 Å². The largest absolute Gasteiger partial charge is 0.269 e. The molecule has 1 aromatic heterocycles. The number of aryl methyl sites for hydroxylation is 2. The maximum atomic E-state index is 8.96. The van der Waals surface area contributed by atoms with Gasteiger partial charge in [-0.3, -0.25) is 4.68 Å². The number of nitrogens with zero attached hydrogens (tertiary/aromatic N) is 3. The van der Waals surface area contributed by atoms with Crippen LogP contribution in [0.5, 0.6) is 0 Å². The van der Waals surface area contributed by atoms with Crippen LogP contribution in [0.2, 0.25) is 0 Å². The lowest BCUT2D eigenvalue weighted by molar-refractivity contribution is 0.404. The number of rotatable bonds is 5. The van der Waals surface area contributed by atoms with Gasteiger partial charge in [-0.15, -0.1) is 0 Å². The van der Waals surface area contributed by atoms with Crippen molar-refractivity contribution in [3.8, 4) is 6.07 Å². The summed E-state index contributed by atoms with van der Waals surface area (Å²) in [6.07, 6.45) is 2.97. The molecule has 0 aliphatic heterocycles. The van der Waals surface area contributed by atoms with Crippen LogP contribution in [0, 0.1) is 30.6 Å². The molecule has 94 valence electrons. The Balaban J connectivity index is 2.62. The first-order valence-electron chi connectivity index (χ1n) is 6.35. The fraction of sp³-hybridized carbons (Fsp3) is 0.714. The second kappa shape index (κ2) is 5.35. The lowest BCUT2D eigenvalue weighted by atomic mass is 9.90. The lowest BCUT2D eigenvalue weighted by Crippen LogP contribution is -2.11. The highest BCUT2D eigenvalue weighted by molar-refractivity contribution is 5.24. The van der Waals surface area contributed by atoms with E-state index < -0.39 is 0 Å². The van der Waals surface area contributed by atoms with E-state index in [0.29, 0.717) is 0 Å². The molecule has 0 spiro atoms. The maximum Gasteiger partial charge on any atom is 0.0683 e. The van der Waals surface area contributed by atoms with E-state index in [-0.39, 0.29) is 5.41 Å². The average Bonchev–Trinajstić information content (AvgIpc) is 2.54. The molecule has 0 aliphatic rings. The molecule has 1 rings (SSSR count). The minimum atomic E-state index is -0.219. The summed E-state index contributed by atoms with van der Waals surface area (Å²) in [7, 11) is 0. The van der Waals surface area contributed by atoms with Crippen molar-refractivity contribution in [2.24, 2.45) is 5.41 Å². The van der Waals surface area contributed by atoms with Crippen LogP contribution >= 0.6 is 0 Å². The minimum Gasteiger partial charge on any atom is -0.269 e. The van der Waals surface area contributed by atoms with Gasteiger partial charge in [0, 0.05) is 12.2 Å². The van der Waals surface area contributed by atoms with E-state index in [2.05, 4.69) is 36.6 Å². The van der Waals surface area contributed by atoms with Gasteiger partial charge < -0.3 is 0 Å². The van der Waals surface area contributed by atoms with Crippen molar-refractivity contribution in [1.82, 2.24) is 9.78 Å². The van der Waals surface area contributed by atoms with Crippen molar-refractivity contribution < 1.29 is 0 Å². The van der Waals surface area contributed by atoms with E-state index in [1.807, 2.05) is 13.8 Å². The van der Waals surface area contributed by atoms with Crippen molar-refractivity contribution >= 4 is 0 Å². The molecular formula is C14H23N3. The van der Waals surface area contributed by atoms with E-state index in [1.54, 1.807) is 0 Å². The molecule has 0 saturated heterocycles. The Labute approximate surface area is 104 Å². The van der Waals surface area contributed by atoms with Crippen LogP contribution in [0.15, 0.2) is 0 Å². The minimum absolute atomic E-state index is 0.219. The summed E-state index contributed by atoms with van der Waals surface area (Å²) in [5.74, 6) is 0. The van der Waals surface area contributed by atoms with Crippen molar-refractivity contribution in [3.63, 3.8) is 0 Å². The van der Waals surface area contributed by atoms with Gasteiger partial charge in [0.2, 0.25) is 0 Å². The molecule has 3 nitrogen and oxygen atoms in total. The fourth-order valence-electron chi connectivity index (χ4n) is 2.19. The van der Waals surface area contributed by atoms with Crippen LogP contribution in [0.3, 0.4) is 0 Å². The molecule has 3 heteroatoms. The number of hydrogen-bond donors (Lipinski definition) is 0. The first-order chi connectivity index (χ1) is 7.91. The molecule has 0 bridgehead atoms. The number of nitriles is 1. The van der Waals surface area contributed by atoms with Crippen molar-refractivity contribution in [2.75, 3.05) is 0 Å². The number of aromatic nitrogens is 2. The summed E-state index contributed by atoms with van der Waals surface area (Å²) < 4.78 is 2.08. The van der Waals surface area contributed by atoms with E-state index >= 15 is 0 Å². The van der Waals surface area contributed by atoms with Crippen molar-refractivity contribution in [3.05, 3.63) is 17.0 Å². The van der Waals surface area contributed by atoms with Crippen molar-refractivity contribution in [2.45, 2.75) is 60.4 Å². The van der Waals surface area contributed by atoms with Gasteiger partial charge in [-0.25, -0.2) is 0 Å². The van der Waals surface area contributed by atoms with Gasteiger partial charge in [0.1, 0.15) is 0 Å². The summed E-state index contributed by atoms with van der Waals surface area (Å²) in [4.78, 5) is 0. The highest BCUT2D eigenvalue weighted by Gasteiger charge is 2.16. The fourth-order valence-corrected chi connectivity index (χ4v) is 2.19. The first kappa shape index (κ1) is 13.8. The van der Waals surface area contributed by atoms with Crippen LogP contribution < -0.4 is 0 Å². The molecule has 0 unspecified atom stereocenters. The van der Waals surface area contributed by atoms with Crippen molar-refractivity contribution in [1.29, 1.82) is 5.26 Å². The molecular weight excluding hydrogens is 210 g/mol. The molecule has 0 N–H and O–H groups in total.